The topological polar surface area (TPSA) is 77.5 Å². The number of thiazole rings is 1. The normalized spacial score (nSPS) is 11.5. The summed E-state index contributed by atoms with van der Waals surface area (Å²) in [4.78, 5) is 27.4. The van der Waals surface area contributed by atoms with Crippen LogP contribution in [0.2, 0.25) is 10.0 Å². The summed E-state index contributed by atoms with van der Waals surface area (Å²) in [7, 11) is 0. The molecule has 0 atom stereocenters. The zero-order valence-corrected chi connectivity index (χ0v) is 15.3. The number of carbonyl (C=O) groups is 1. The number of nitrogens with zero attached hydrogens (tertiary/aromatic N) is 3. The van der Waals surface area contributed by atoms with E-state index in [0.717, 1.165) is 11.3 Å². The summed E-state index contributed by atoms with van der Waals surface area (Å²) in [5.74, 6) is 1.94. The highest BCUT2D eigenvalue weighted by molar-refractivity contribution is 7.16. The number of terminal acetylenes is 1. The fourth-order valence-electron chi connectivity index (χ4n) is 2.31. The van der Waals surface area contributed by atoms with Gasteiger partial charge in [-0.1, -0.05) is 40.5 Å². The monoisotopic (exact) mass is 405 g/mol. The average molecular weight is 406 g/mol. The molecule has 0 aliphatic heterocycles. The van der Waals surface area contributed by atoms with Crippen LogP contribution >= 0.6 is 34.5 Å². The van der Waals surface area contributed by atoms with E-state index in [1.807, 2.05) is 0 Å². The molecule has 9 heteroatoms. The molecule has 0 aliphatic carbocycles. The van der Waals surface area contributed by atoms with Gasteiger partial charge in [0.15, 0.2) is 4.80 Å². The number of fused-ring (bicyclic) bond motifs is 1. The van der Waals surface area contributed by atoms with Gasteiger partial charge in [0, 0.05) is 17.2 Å². The number of hydrogen-bond donors (Lipinski definition) is 0. The number of nitro benzene ring substituents is 1. The Bertz CT molecular complexity index is 1160. The van der Waals surface area contributed by atoms with Gasteiger partial charge in [0.05, 0.1) is 32.3 Å². The van der Waals surface area contributed by atoms with E-state index >= 15 is 0 Å². The van der Waals surface area contributed by atoms with Gasteiger partial charge in [0.2, 0.25) is 0 Å². The molecule has 0 fully saturated rings. The van der Waals surface area contributed by atoms with Crippen LogP contribution in [0.3, 0.4) is 0 Å². The van der Waals surface area contributed by atoms with Gasteiger partial charge in [0.25, 0.3) is 11.6 Å². The highest BCUT2D eigenvalue weighted by Gasteiger charge is 2.14. The Morgan fingerprint density at radius 3 is 2.73 bits per heavy atom. The molecule has 0 aliphatic rings. The van der Waals surface area contributed by atoms with Crippen LogP contribution in [0.15, 0.2) is 41.4 Å². The number of amides is 1. The average Bonchev–Trinajstić information content (AvgIpc) is 2.91. The molecule has 0 N–H and O–H groups in total. The van der Waals surface area contributed by atoms with Crippen molar-refractivity contribution in [2.45, 2.75) is 6.54 Å². The standard InChI is InChI=1S/C17H9Cl2N3O3S/c1-2-7-21-14-6-4-11(22(24)25)9-15(14)26-17(21)20-16(23)12-5-3-10(18)8-13(12)19/h1,3-6,8-9H,7H2. The minimum atomic E-state index is -0.557. The van der Waals surface area contributed by atoms with Crippen LogP contribution in [-0.4, -0.2) is 15.4 Å². The smallest absolute Gasteiger partial charge is 0.281 e. The summed E-state index contributed by atoms with van der Waals surface area (Å²) >= 11 is 13.0. The van der Waals surface area contributed by atoms with Gasteiger partial charge in [-0.2, -0.15) is 4.99 Å². The van der Waals surface area contributed by atoms with Crippen LogP contribution in [0, 0.1) is 22.5 Å². The predicted molar refractivity (Wildman–Crippen MR) is 102 cm³/mol. The predicted octanol–water partition coefficient (Wildman–Crippen LogP) is 4.29. The molecule has 0 radical (unpaired) electrons. The number of rotatable bonds is 3. The summed E-state index contributed by atoms with van der Waals surface area (Å²) in [5, 5.41) is 11.6. The molecule has 0 saturated heterocycles. The molecule has 0 unspecified atom stereocenters. The van der Waals surface area contributed by atoms with E-state index in [0.29, 0.717) is 20.0 Å². The second-order valence-corrected chi connectivity index (χ2v) is 6.98. The highest BCUT2D eigenvalue weighted by Crippen LogP contribution is 2.24. The molecule has 0 bridgehead atoms. The van der Waals surface area contributed by atoms with Crippen LogP contribution in [0.5, 0.6) is 0 Å². The van der Waals surface area contributed by atoms with Gasteiger partial charge in [0.1, 0.15) is 0 Å². The van der Waals surface area contributed by atoms with E-state index in [4.69, 9.17) is 29.6 Å². The molecule has 1 amide bonds. The molecule has 26 heavy (non-hydrogen) atoms. The molecule has 3 rings (SSSR count). The Morgan fingerprint density at radius 2 is 2.08 bits per heavy atom. The molecule has 1 heterocycles. The lowest BCUT2D eigenvalue weighted by Gasteiger charge is -2.01. The van der Waals surface area contributed by atoms with Crippen molar-refractivity contribution < 1.29 is 9.72 Å². The van der Waals surface area contributed by atoms with Crippen molar-refractivity contribution in [1.82, 2.24) is 4.57 Å². The number of hydrogen-bond acceptors (Lipinski definition) is 4. The van der Waals surface area contributed by atoms with Crippen LogP contribution < -0.4 is 4.80 Å². The first kappa shape index (κ1) is 18.1. The minimum Gasteiger partial charge on any atom is -0.305 e. The number of non-ortho nitro benzene ring substituents is 1. The molecule has 1 aromatic heterocycles. The maximum Gasteiger partial charge on any atom is 0.281 e. The van der Waals surface area contributed by atoms with Crippen molar-refractivity contribution >= 4 is 56.3 Å². The first-order chi connectivity index (χ1) is 12.4. The quantitative estimate of drug-likeness (QED) is 0.370. The van der Waals surface area contributed by atoms with Gasteiger partial charge in [-0.3, -0.25) is 14.9 Å². The summed E-state index contributed by atoms with van der Waals surface area (Å²) in [6.45, 7) is 0.165. The van der Waals surface area contributed by atoms with Crippen molar-refractivity contribution in [1.29, 1.82) is 0 Å². The Morgan fingerprint density at radius 1 is 1.31 bits per heavy atom. The molecule has 0 saturated carbocycles. The van der Waals surface area contributed by atoms with Crippen LogP contribution in [0.4, 0.5) is 5.69 Å². The van der Waals surface area contributed by atoms with E-state index in [-0.39, 0.29) is 22.8 Å². The Kier molecular flexibility index (Phi) is 5.09. The number of aromatic nitrogens is 1. The number of carbonyl (C=O) groups excluding carboxylic acids is 1. The van der Waals surface area contributed by atoms with Crippen molar-refractivity contribution in [2.75, 3.05) is 0 Å². The highest BCUT2D eigenvalue weighted by atomic mass is 35.5. The van der Waals surface area contributed by atoms with Crippen molar-refractivity contribution in [3.63, 3.8) is 0 Å². The lowest BCUT2D eigenvalue weighted by molar-refractivity contribution is -0.384. The van der Waals surface area contributed by atoms with Gasteiger partial charge < -0.3 is 4.57 Å². The van der Waals surface area contributed by atoms with Crippen LogP contribution in [-0.2, 0) is 6.54 Å². The Hall–Kier alpha value is -2.66. The van der Waals surface area contributed by atoms with Crippen LogP contribution in [0.1, 0.15) is 10.4 Å². The maximum atomic E-state index is 12.5. The molecular weight excluding hydrogens is 397 g/mol. The zero-order valence-electron chi connectivity index (χ0n) is 13.0. The zero-order chi connectivity index (χ0) is 18.8. The number of benzene rings is 2. The first-order valence-electron chi connectivity index (χ1n) is 7.16. The second-order valence-electron chi connectivity index (χ2n) is 5.13. The lowest BCUT2D eigenvalue weighted by atomic mass is 10.2. The number of nitro groups is 1. The lowest BCUT2D eigenvalue weighted by Crippen LogP contribution is -2.16. The van der Waals surface area contributed by atoms with Crippen LogP contribution in [0.25, 0.3) is 10.2 Å². The maximum absolute atomic E-state index is 12.5. The fraction of sp³-hybridized carbons (Fsp3) is 0.0588. The SMILES string of the molecule is C#CCn1c(=NC(=O)c2ccc(Cl)cc2Cl)sc2cc([N+](=O)[O-])ccc21. The molecule has 0 spiro atoms. The summed E-state index contributed by atoms with van der Waals surface area (Å²) < 4.78 is 2.24. The number of halogens is 2. The summed E-state index contributed by atoms with van der Waals surface area (Å²) in [6.07, 6.45) is 5.40. The first-order valence-corrected chi connectivity index (χ1v) is 8.73. The molecular formula is C17H9Cl2N3O3S. The Balaban J connectivity index is 2.17. The molecule has 2 aromatic carbocycles. The third-order valence-corrected chi connectivity index (χ3v) is 5.07. The van der Waals surface area contributed by atoms with E-state index in [2.05, 4.69) is 10.9 Å². The minimum absolute atomic E-state index is 0.0507. The largest absolute Gasteiger partial charge is 0.305 e. The third kappa shape index (κ3) is 3.48. The molecule has 6 nitrogen and oxygen atoms in total. The van der Waals surface area contributed by atoms with E-state index in [9.17, 15) is 14.9 Å². The molecule has 3 aromatic rings. The third-order valence-electron chi connectivity index (χ3n) is 3.49. The van der Waals surface area contributed by atoms with Gasteiger partial charge >= 0.3 is 0 Å². The second kappa shape index (κ2) is 7.30. The van der Waals surface area contributed by atoms with Gasteiger partial charge in [-0.25, -0.2) is 0 Å². The van der Waals surface area contributed by atoms with Gasteiger partial charge in [-0.05, 0) is 24.3 Å². The van der Waals surface area contributed by atoms with Crippen molar-refractivity contribution in [3.05, 3.63) is 66.9 Å². The van der Waals surface area contributed by atoms with Crippen molar-refractivity contribution in [3.8, 4) is 12.3 Å². The summed E-state index contributed by atoms with van der Waals surface area (Å²) in [5.41, 5.74) is 0.810. The fourth-order valence-corrected chi connectivity index (χ4v) is 3.87. The van der Waals surface area contributed by atoms with E-state index < -0.39 is 10.8 Å². The van der Waals surface area contributed by atoms with E-state index in [1.165, 1.54) is 24.3 Å². The Labute approximate surface area is 161 Å². The van der Waals surface area contributed by atoms with E-state index in [1.54, 1.807) is 16.7 Å². The summed E-state index contributed by atoms with van der Waals surface area (Å²) in [6, 6.07) is 8.87. The van der Waals surface area contributed by atoms with Crippen molar-refractivity contribution in [2.24, 2.45) is 4.99 Å². The van der Waals surface area contributed by atoms with Gasteiger partial charge in [-0.15, -0.1) is 6.42 Å². The molecule has 130 valence electrons.